The van der Waals surface area contributed by atoms with Gasteiger partial charge < -0.3 is 0 Å². The van der Waals surface area contributed by atoms with Crippen LogP contribution < -0.4 is 0 Å². The van der Waals surface area contributed by atoms with Crippen LogP contribution in [-0.4, -0.2) is 0 Å². The molecule has 13 heavy (non-hydrogen) atoms. The Morgan fingerprint density at radius 1 is 1.00 bits per heavy atom. The molecular formula is C13H28. The van der Waals surface area contributed by atoms with E-state index in [9.17, 15) is 0 Å². The summed E-state index contributed by atoms with van der Waals surface area (Å²) in [7, 11) is 0. The molecule has 0 heterocycles. The highest BCUT2D eigenvalue weighted by atomic mass is 14.5. The molecule has 2 aliphatic rings. The second kappa shape index (κ2) is 5.67. The first-order chi connectivity index (χ1) is 5.85. The third kappa shape index (κ3) is 3.32. The van der Waals surface area contributed by atoms with Gasteiger partial charge in [-0.25, -0.2) is 0 Å². The van der Waals surface area contributed by atoms with E-state index >= 15 is 0 Å². The summed E-state index contributed by atoms with van der Waals surface area (Å²) in [6, 6.07) is 0. The zero-order valence-electron chi connectivity index (χ0n) is 9.03. The molecule has 0 atom stereocenters. The van der Waals surface area contributed by atoms with Crippen molar-refractivity contribution < 1.29 is 0 Å². The molecule has 0 heteroatoms. The summed E-state index contributed by atoms with van der Waals surface area (Å²) in [6.07, 6.45) is 10.7. The van der Waals surface area contributed by atoms with Crippen LogP contribution in [-0.2, 0) is 0 Å². The van der Waals surface area contributed by atoms with Crippen molar-refractivity contribution >= 4 is 0 Å². The average Bonchev–Trinajstić information content (AvgIpc) is 2.90. The van der Waals surface area contributed by atoms with E-state index < -0.39 is 0 Å². The second-order valence-corrected chi connectivity index (χ2v) is 4.35. The summed E-state index contributed by atoms with van der Waals surface area (Å²) in [5.41, 5.74) is 0.908. The van der Waals surface area contributed by atoms with E-state index in [-0.39, 0.29) is 7.43 Å². The van der Waals surface area contributed by atoms with Gasteiger partial charge in [0.1, 0.15) is 0 Å². The molecule has 0 aromatic carbocycles. The summed E-state index contributed by atoms with van der Waals surface area (Å²) in [5, 5.41) is 0. The van der Waals surface area contributed by atoms with Crippen molar-refractivity contribution in [2.45, 2.75) is 73.1 Å². The molecule has 0 unspecified atom stereocenters. The molecule has 0 aliphatic heterocycles. The van der Waals surface area contributed by atoms with Crippen molar-refractivity contribution in [2.24, 2.45) is 11.3 Å². The van der Waals surface area contributed by atoms with Crippen LogP contribution in [0.3, 0.4) is 0 Å². The minimum atomic E-state index is 0. The Morgan fingerprint density at radius 2 is 1.46 bits per heavy atom. The molecule has 2 saturated carbocycles. The summed E-state index contributed by atoms with van der Waals surface area (Å²) in [5.74, 6) is 1.09. The van der Waals surface area contributed by atoms with E-state index in [0.29, 0.717) is 0 Å². The van der Waals surface area contributed by atoms with Gasteiger partial charge >= 0.3 is 0 Å². The topological polar surface area (TPSA) is 0 Å². The Hall–Kier alpha value is 0. The average molecular weight is 184 g/mol. The Morgan fingerprint density at radius 3 is 1.77 bits per heavy atom. The molecule has 2 fully saturated rings. The minimum Gasteiger partial charge on any atom is -0.0776 e. The second-order valence-electron chi connectivity index (χ2n) is 4.35. The van der Waals surface area contributed by atoms with Crippen molar-refractivity contribution in [1.82, 2.24) is 0 Å². The van der Waals surface area contributed by atoms with Crippen molar-refractivity contribution in [2.75, 3.05) is 0 Å². The van der Waals surface area contributed by atoms with Gasteiger partial charge in [0, 0.05) is 0 Å². The smallest absolute Gasteiger partial charge is 0.0297 e. The standard InChI is InChI=1S/C10H18.C2H6.CH4/c1-2-9-3-5-10(6-4-9)7-8-10;1-2;/h9H,2-8H2,1H3;1-2H3;1H4. The molecule has 0 N–H and O–H groups in total. The zero-order chi connectivity index (χ0) is 9.03. The maximum Gasteiger partial charge on any atom is -0.0297 e. The van der Waals surface area contributed by atoms with Crippen LogP contribution in [0.25, 0.3) is 0 Å². The van der Waals surface area contributed by atoms with Gasteiger partial charge in [-0.3, -0.25) is 0 Å². The Kier molecular flexibility index (Phi) is 5.67. The highest BCUT2D eigenvalue weighted by Crippen LogP contribution is 2.57. The summed E-state index contributed by atoms with van der Waals surface area (Å²) in [6.45, 7) is 6.34. The maximum absolute atomic E-state index is 2.34. The van der Waals surface area contributed by atoms with E-state index in [1.165, 1.54) is 19.3 Å². The molecule has 0 aromatic heterocycles. The quantitative estimate of drug-likeness (QED) is 0.536. The maximum atomic E-state index is 2.34. The normalized spacial score (nSPS) is 24.2. The molecular weight excluding hydrogens is 156 g/mol. The Labute approximate surface area is 85.1 Å². The predicted octanol–water partition coefficient (Wildman–Crippen LogP) is 5.03. The third-order valence-corrected chi connectivity index (χ3v) is 3.70. The number of hydrogen-bond donors (Lipinski definition) is 0. The first-order valence-corrected chi connectivity index (χ1v) is 5.85. The summed E-state index contributed by atoms with van der Waals surface area (Å²) >= 11 is 0. The van der Waals surface area contributed by atoms with Gasteiger partial charge in [-0.1, -0.05) is 34.6 Å². The van der Waals surface area contributed by atoms with E-state index in [1.807, 2.05) is 13.8 Å². The van der Waals surface area contributed by atoms with E-state index in [1.54, 1.807) is 25.7 Å². The van der Waals surface area contributed by atoms with Crippen LogP contribution in [0.1, 0.15) is 73.1 Å². The third-order valence-electron chi connectivity index (χ3n) is 3.70. The minimum absolute atomic E-state index is 0. The predicted molar refractivity (Wildman–Crippen MR) is 62.0 cm³/mol. The van der Waals surface area contributed by atoms with Crippen molar-refractivity contribution in [3.05, 3.63) is 0 Å². The lowest BCUT2D eigenvalue weighted by Gasteiger charge is -2.27. The van der Waals surface area contributed by atoms with Crippen molar-refractivity contribution in [1.29, 1.82) is 0 Å². The first-order valence-electron chi connectivity index (χ1n) is 5.85. The fourth-order valence-electron chi connectivity index (χ4n) is 2.37. The molecule has 0 bridgehead atoms. The van der Waals surface area contributed by atoms with E-state index in [2.05, 4.69) is 6.92 Å². The van der Waals surface area contributed by atoms with Crippen molar-refractivity contribution in [3.8, 4) is 0 Å². The molecule has 0 aromatic rings. The largest absolute Gasteiger partial charge is 0.0776 e. The zero-order valence-corrected chi connectivity index (χ0v) is 9.03. The molecule has 2 aliphatic carbocycles. The van der Waals surface area contributed by atoms with Crippen LogP contribution in [0.4, 0.5) is 0 Å². The molecule has 0 saturated heterocycles. The molecule has 0 nitrogen and oxygen atoms in total. The first kappa shape index (κ1) is 13.0. The summed E-state index contributed by atoms with van der Waals surface area (Å²) in [4.78, 5) is 0. The fraction of sp³-hybridized carbons (Fsp3) is 1.00. The molecule has 1 spiro atoms. The molecule has 0 radical (unpaired) electrons. The van der Waals surface area contributed by atoms with Crippen LogP contribution in [0.15, 0.2) is 0 Å². The highest BCUT2D eigenvalue weighted by Gasteiger charge is 2.44. The molecule has 2 rings (SSSR count). The van der Waals surface area contributed by atoms with Crippen LogP contribution >= 0.6 is 0 Å². The van der Waals surface area contributed by atoms with E-state index in [0.717, 1.165) is 11.3 Å². The van der Waals surface area contributed by atoms with Crippen LogP contribution in [0, 0.1) is 11.3 Å². The molecule has 80 valence electrons. The Bertz CT molecular complexity index is 112. The van der Waals surface area contributed by atoms with Crippen LogP contribution in [0.5, 0.6) is 0 Å². The number of rotatable bonds is 1. The lowest BCUT2D eigenvalue weighted by Crippen LogP contribution is -2.14. The highest BCUT2D eigenvalue weighted by molar-refractivity contribution is 4.95. The SMILES string of the molecule is C.CC.CCC1CCC2(CC1)CC2. The molecule has 0 amide bonds. The lowest BCUT2D eigenvalue weighted by molar-refractivity contribution is 0.252. The summed E-state index contributed by atoms with van der Waals surface area (Å²) < 4.78 is 0. The van der Waals surface area contributed by atoms with Gasteiger partial charge in [-0.15, -0.1) is 0 Å². The van der Waals surface area contributed by atoms with Gasteiger partial charge in [0.15, 0.2) is 0 Å². The fourth-order valence-corrected chi connectivity index (χ4v) is 2.37. The van der Waals surface area contributed by atoms with Crippen molar-refractivity contribution in [3.63, 3.8) is 0 Å². The van der Waals surface area contributed by atoms with Gasteiger partial charge in [0.25, 0.3) is 0 Å². The lowest BCUT2D eigenvalue weighted by atomic mass is 9.79. The Balaban J connectivity index is 0.000000451. The van der Waals surface area contributed by atoms with E-state index in [4.69, 9.17) is 0 Å². The van der Waals surface area contributed by atoms with Gasteiger partial charge in [0.2, 0.25) is 0 Å². The number of hydrogen-bond acceptors (Lipinski definition) is 0. The van der Waals surface area contributed by atoms with Gasteiger partial charge in [0.05, 0.1) is 0 Å². The van der Waals surface area contributed by atoms with Gasteiger partial charge in [-0.2, -0.15) is 0 Å². The van der Waals surface area contributed by atoms with Crippen LogP contribution in [0.2, 0.25) is 0 Å². The monoisotopic (exact) mass is 184 g/mol. The van der Waals surface area contributed by atoms with Gasteiger partial charge in [-0.05, 0) is 49.9 Å².